The standard InChI is InChI=1S/C17H18F3N3O2S.C16H16F3N3O2S.C14H12F3N3O3S/c18-17(19,20)26-13-9-7-11(8-10-13)14(24)21-16-23-22-15(25-16)12-5-3-1-2-4-6-12;17-16(18,19)25-12-8-6-10(7-9-12)13(23)20-15-22-21-14(24-15)11-4-2-1-3-5-11;15-14(16,17)24-9-5-3-8(4-6-9)11(21)18-13-20-19-12(23-13)10-2-1-7-22-10/h7-10,12H,1-6H2,(H,21,23,24);6-9,11H,1-5H2,(H,20,22,23);3-6,10H,1-2,7H2,(H,18,20,21). The van der Waals surface area contributed by atoms with Crippen LogP contribution in [0.1, 0.15) is 150 Å². The van der Waals surface area contributed by atoms with Crippen molar-refractivity contribution in [3.05, 3.63) is 107 Å². The van der Waals surface area contributed by atoms with Gasteiger partial charge < -0.3 is 18.0 Å². The van der Waals surface area contributed by atoms with E-state index in [0.29, 0.717) is 24.3 Å². The van der Waals surface area contributed by atoms with Crippen molar-refractivity contribution in [1.82, 2.24) is 30.6 Å². The zero-order valence-electron chi connectivity index (χ0n) is 39.2. The van der Waals surface area contributed by atoms with E-state index in [2.05, 4.69) is 46.5 Å². The number of ether oxygens (including phenoxy) is 1. The molecule has 4 heterocycles. The van der Waals surface area contributed by atoms with Crippen LogP contribution in [0.15, 0.2) is 101 Å². The maximum atomic E-state index is 12.3. The molecule has 28 heteroatoms. The molecule has 1 atom stereocenters. The summed E-state index contributed by atoms with van der Waals surface area (Å²) in [7, 11) is 0. The Morgan fingerprint density at radius 1 is 0.413 bits per heavy atom. The lowest BCUT2D eigenvalue weighted by molar-refractivity contribution is -0.0337. The third kappa shape index (κ3) is 18.6. The summed E-state index contributed by atoms with van der Waals surface area (Å²) in [6.07, 6.45) is 13.5. The van der Waals surface area contributed by atoms with E-state index in [0.717, 1.165) is 64.2 Å². The topological polar surface area (TPSA) is 213 Å². The molecule has 3 aromatic carbocycles. The van der Waals surface area contributed by atoms with Crippen LogP contribution in [-0.4, -0.2) is 71.4 Å². The first kappa shape index (κ1) is 56.6. The number of hydrogen-bond donors (Lipinski definition) is 3. The maximum Gasteiger partial charge on any atom is 0.446 e. The van der Waals surface area contributed by atoms with Gasteiger partial charge in [-0.2, -0.15) is 39.5 Å². The Balaban J connectivity index is 0.000000164. The summed E-state index contributed by atoms with van der Waals surface area (Å²) >= 11 is -0.699. The van der Waals surface area contributed by atoms with E-state index in [1.54, 1.807) is 0 Å². The van der Waals surface area contributed by atoms with E-state index in [1.807, 2.05) is 0 Å². The van der Waals surface area contributed by atoms with Gasteiger partial charge in [-0.1, -0.05) is 60.2 Å². The highest BCUT2D eigenvalue weighted by atomic mass is 32.2. The molecule has 16 nitrogen and oxygen atoms in total. The van der Waals surface area contributed by atoms with Crippen molar-refractivity contribution in [3.63, 3.8) is 0 Å². The number of aromatic nitrogens is 6. The molecule has 3 N–H and O–H groups in total. The highest BCUT2D eigenvalue weighted by molar-refractivity contribution is 8.00. The summed E-state index contributed by atoms with van der Waals surface area (Å²) in [5, 5.41) is 30.6. The van der Waals surface area contributed by atoms with Gasteiger partial charge >= 0.3 is 34.6 Å². The van der Waals surface area contributed by atoms with Crippen LogP contribution < -0.4 is 16.0 Å². The molecule has 3 amide bonds. The number of anilines is 3. The molecule has 2 saturated carbocycles. The first-order chi connectivity index (χ1) is 35.7. The minimum Gasteiger partial charge on any atom is -0.408 e. The second-order valence-corrected chi connectivity index (χ2v) is 20.4. The Hall–Kier alpha value is -6.13. The maximum absolute atomic E-state index is 12.3. The fourth-order valence-electron chi connectivity index (χ4n) is 7.90. The molecular formula is C47H46F9N9O7S3. The summed E-state index contributed by atoms with van der Waals surface area (Å²) in [5.74, 6) is 0.207. The summed E-state index contributed by atoms with van der Waals surface area (Å²) in [4.78, 5) is 36.4. The van der Waals surface area contributed by atoms with Crippen LogP contribution in [0.5, 0.6) is 0 Å². The number of halogens is 9. The number of amides is 3. The van der Waals surface area contributed by atoms with Gasteiger partial charge in [0.15, 0.2) is 0 Å². The van der Waals surface area contributed by atoms with E-state index >= 15 is 0 Å². The van der Waals surface area contributed by atoms with Gasteiger partial charge in [-0.15, -0.1) is 15.3 Å². The summed E-state index contributed by atoms with van der Waals surface area (Å²) in [5.41, 5.74) is -12.5. The van der Waals surface area contributed by atoms with Gasteiger partial charge in [0.1, 0.15) is 6.10 Å². The molecule has 3 fully saturated rings. The van der Waals surface area contributed by atoms with Gasteiger partial charge in [-0.05, 0) is 147 Å². The number of nitrogens with one attached hydrogen (secondary N) is 3. The van der Waals surface area contributed by atoms with E-state index in [1.165, 1.54) is 92.1 Å². The number of hydrogen-bond acceptors (Lipinski definition) is 16. The Morgan fingerprint density at radius 2 is 0.720 bits per heavy atom. The van der Waals surface area contributed by atoms with Crippen molar-refractivity contribution in [2.24, 2.45) is 0 Å². The average molecular weight is 1120 g/mol. The Bertz CT molecular complexity index is 2770. The van der Waals surface area contributed by atoms with E-state index in [-0.39, 0.29) is 103 Å². The summed E-state index contributed by atoms with van der Waals surface area (Å²) in [6.45, 7) is 0.622. The summed E-state index contributed by atoms with van der Waals surface area (Å²) < 4.78 is 132. The predicted molar refractivity (Wildman–Crippen MR) is 256 cm³/mol. The monoisotopic (exact) mass is 1120 g/mol. The normalized spacial score (nSPS) is 16.7. The fourth-order valence-corrected chi connectivity index (χ4v) is 9.51. The molecule has 0 bridgehead atoms. The third-order valence-electron chi connectivity index (χ3n) is 11.4. The van der Waals surface area contributed by atoms with Crippen molar-refractivity contribution in [3.8, 4) is 0 Å². The number of thioether (sulfide) groups is 3. The van der Waals surface area contributed by atoms with Crippen LogP contribution in [0.4, 0.5) is 57.6 Å². The highest BCUT2D eigenvalue weighted by Gasteiger charge is 2.32. The molecule has 1 saturated heterocycles. The van der Waals surface area contributed by atoms with Crippen LogP contribution in [0, 0.1) is 0 Å². The second-order valence-electron chi connectivity index (χ2n) is 16.9. The molecular weight excluding hydrogens is 1070 g/mol. The molecule has 9 rings (SSSR count). The van der Waals surface area contributed by atoms with E-state index < -0.39 is 34.2 Å². The zero-order valence-corrected chi connectivity index (χ0v) is 41.7. The van der Waals surface area contributed by atoms with Crippen LogP contribution in [-0.2, 0) is 4.74 Å². The van der Waals surface area contributed by atoms with Gasteiger partial charge in [0.05, 0.1) is 0 Å². The zero-order chi connectivity index (χ0) is 53.6. The van der Waals surface area contributed by atoms with Gasteiger partial charge in [0, 0.05) is 49.8 Å². The number of alkyl halides is 9. The van der Waals surface area contributed by atoms with Gasteiger partial charge in [-0.3, -0.25) is 30.3 Å². The van der Waals surface area contributed by atoms with Crippen LogP contribution >= 0.6 is 35.3 Å². The quantitative estimate of drug-likeness (QED) is 0.0590. The molecule has 402 valence electrons. The van der Waals surface area contributed by atoms with Gasteiger partial charge in [0.2, 0.25) is 17.7 Å². The molecule has 3 aliphatic rings. The minimum absolute atomic E-state index is 0.000633. The lowest BCUT2D eigenvalue weighted by Crippen LogP contribution is -2.12. The Kier molecular flexibility index (Phi) is 19.7. The largest absolute Gasteiger partial charge is 0.446 e. The smallest absolute Gasteiger partial charge is 0.408 e. The highest BCUT2D eigenvalue weighted by Crippen LogP contribution is 2.40. The molecule has 1 unspecified atom stereocenters. The number of rotatable bonds is 12. The first-order valence-corrected chi connectivity index (χ1v) is 25.8. The first-order valence-electron chi connectivity index (χ1n) is 23.4. The Morgan fingerprint density at radius 3 is 1.03 bits per heavy atom. The molecule has 75 heavy (non-hydrogen) atoms. The van der Waals surface area contributed by atoms with E-state index in [4.69, 9.17) is 18.0 Å². The predicted octanol–water partition coefficient (Wildman–Crippen LogP) is 14.1. The Labute approximate surface area is 434 Å². The van der Waals surface area contributed by atoms with Crippen molar-refractivity contribution < 1.29 is 71.9 Å². The SMILES string of the molecule is O=C(Nc1nnc(C2CCCCC2)o1)c1ccc(SC(F)(F)F)cc1.O=C(Nc1nnc(C2CCCCCC2)o1)c1ccc(SC(F)(F)F)cc1.O=C(Nc1nnc(C2CCCO2)o1)c1ccc(SC(F)(F)F)cc1. The van der Waals surface area contributed by atoms with Crippen molar-refractivity contribution >= 4 is 71.1 Å². The van der Waals surface area contributed by atoms with Gasteiger partial charge in [-0.25, -0.2) is 0 Å². The van der Waals surface area contributed by atoms with Crippen LogP contribution in [0.3, 0.4) is 0 Å². The van der Waals surface area contributed by atoms with Crippen LogP contribution in [0.25, 0.3) is 0 Å². The molecule has 1 aliphatic heterocycles. The number of nitrogens with zero attached hydrogens (tertiary/aromatic N) is 6. The molecule has 0 spiro atoms. The molecule has 3 aromatic heterocycles. The summed E-state index contributed by atoms with van der Waals surface area (Å²) in [6, 6.07) is 15.2. The second kappa shape index (κ2) is 26.1. The molecule has 2 aliphatic carbocycles. The fraction of sp³-hybridized carbons (Fsp3) is 0.426. The van der Waals surface area contributed by atoms with Crippen LogP contribution in [0.2, 0.25) is 0 Å². The molecule has 6 aromatic rings. The molecule has 0 radical (unpaired) electrons. The average Bonchev–Trinajstić information content (AvgIpc) is 4.20. The lowest BCUT2D eigenvalue weighted by Gasteiger charge is -2.17. The number of carbonyl (C=O) groups excluding carboxylic acids is 3. The minimum atomic E-state index is -4.37. The van der Waals surface area contributed by atoms with Gasteiger partial charge in [0.25, 0.3) is 17.7 Å². The number of benzene rings is 3. The van der Waals surface area contributed by atoms with Crippen molar-refractivity contribution in [1.29, 1.82) is 0 Å². The number of carbonyl (C=O) groups is 3. The van der Waals surface area contributed by atoms with E-state index in [9.17, 15) is 53.9 Å². The lowest BCUT2D eigenvalue weighted by atomic mass is 9.89. The third-order valence-corrected chi connectivity index (χ3v) is 13.6. The van der Waals surface area contributed by atoms with Crippen molar-refractivity contribution in [2.45, 2.75) is 133 Å². The van der Waals surface area contributed by atoms with Crippen molar-refractivity contribution in [2.75, 3.05) is 22.6 Å².